The maximum Gasteiger partial charge on any atom is 0.251 e. The summed E-state index contributed by atoms with van der Waals surface area (Å²) in [6, 6.07) is 6.88. The summed E-state index contributed by atoms with van der Waals surface area (Å²) in [6.07, 6.45) is -0.487. The zero-order valence-electron chi connectivity index (χ0n) is 7.74. The van der Waals surface area contributed by atoms with Crippen molar-refractivity contribution in [2.24, 2.45) is 0 Å². The average Bonchev–Trinajstić information content (AvgIpc) is 2.17. The van der Waals surface area contributed by atoms with Crippen LogP contribution in [-0.2, 0) is 0 Å². The Balaban J connectivity index is 2.87. The summed E-state index contributed by atoms with van der Waals surface area (Å²) < 4.78 is 0. The second-order valence-corrected chi connectivity index (χ2v) is 2.88. The van der Waals surface area contributed by atoms with Crippen molar-refractivity contribution in [1.29, 1.82) is 0 Å². The van der Waals surface area contributed by atoms with Crippen molar-refractivity contribution in [1.82, 2.24) is 5.32 Å². The predicted molar refractivity (Wildman–Crippen MR) is 50.5 cm³/mol. The molecular weight excluding hydrogens is 166 g/mol. The summed E-state index contributed by atoms with van der Waals surface area (Å²) in [4.78, 5) is 11.1. The molecule has 0 fully saturated rings. The van der Waals surface area contributed by atoms with Crippen molar-refractivity contribution in [3.63, 3.8) is 0 Å². The van der Waals surface area contributed by atoms with Gasteiger partial charge in [-0.1, -0.05) is 12.1 Å². The molecule has 3 nitrogen and oxygen atoms in total. The number of aliphatic hydroxyl groups excluding tert-OH is 1. The quantitative estimate of drug-likeness (QED) is 0.714. The van der Waals surface area contributed by atoms with E-state index in [1.165, 1.54) is 0 Å². The maximum atomic E-state index is 11.1. The molecule has 0 aliphatic heterocycles. The molecule has 1 amide bonds. The highest BCUT2D eigenvalue weighted by Gasteiger charge is 2.04. The number of carbonyl (C=O) groups excluding carboxylic acids is 1. The van der Waals surface area contributed by atoms with Crippen molar-refractivity contribution in [3.8, 4) is 0 Å². The van der Waals surface area contributed by atoms with E-state index in [1.807, 2.05) is 0 Å². The van der Waals surface area contributed by atoms with Gasteiger partial charge in [-0.3, -0.25) is 4.79 Å². The van der Waals surface area contributed by atoms with Gasteiger partial charge in [-0.2, -0.15) is 0 Å². The molecule has 0 heterocycles. The fourth-order valence-corrected chi connectivity index (χ4v) is 1.06. The van der Waals surface area contributed by atoms with Gasteiger partial charge in [0.15, 0.2) is 0 Å². The summed E-state index contributed by atoms with van der Waals surface area (Å²) in [7, 11) is 1.59. The van der Waals surface area contributed by atoms with Crippen LogP contribution in [0.25, 0.3) is 0 Å². The van der Waals surface area contributed by atoms with Gasteiger partial charge in [0.05, 0.1) is 6.10 Å². The number of rotatable bonds is 2. The second-order valence-electron chi connectivity index (χ2n) is 2.88. The van der Waals surface area contributed by atoms with Gasteiger partial charge in [0.1, 0.15) is 0 Å². The monoisotopic (exact) mass is 179 g/mol. The first-order valence-corrected chi connectivity index (χ1v) is 4.15. The van der Waals surface area contributed by atoms with Crippen LogP contribution in [0, 0.1) is 0 Å². The predicted octanol–water partition coefficient (Wildman–Crippen LogP) is 1.10. The molecule has 0 saturated carbocycles. The van der Waals surface area contributed by atoms with Gasteiger partial charge < -0.3 is 10.4 Å². The fraction of sp³-hybridized carbons (Fsp3) is 0.300. The van der Waals surface area contributed by atoms with Crippen LogP contribution < -0.4 is 5.32 Å². The van der Waals surface area contributed by atoms with Crippen molar-refractivity contribution in [3.05, 3.63) is 35.4 Å². The van der Waals surface area contributed by atoms with Gasteiger partial charge in [0.2, 0.25) is 0 Å². The van der Waals surface area contributed by atoms with Crippen LogP contribution in [0.4, 0.5) is 0 Å². The van der Waals surface area contributed by atoms with Crippen LogP contribution in [0.3, 0.4) is 0 Å². The minimum atomic E-state index is -0.487. The topological polar surface area (TPSA) is 49.3 Å². The van der Waals surface area contributed by atoms with Crippen molar-refractivity contribution < 1.29 is 9.90 Å². The van der Waals surface area contributed by atoms with Gasteiger partial charge >= 0.3 is 0 Å². The van der Waals surface area contributed by atoms with E-state index in [0.717, 1.165) is 5.56 Å². The molecule has 0 saturated heterocycles. The van der Waals surface area contributed by atoms with Crippen LogP contribution in [0.15, 0.2) is 24.3 Å². The molecule has 70 valence electrons. The molecule has 0 aliphatic rings. The smallest absolute Gasteiger partial charge is 0.251 e. The molecule has 0 aliphatic carbocycles. The Kier molecular flexibility index (Phi) is 3.03. The van der Waals surface area contributed by atoms with Crippen LogP contribution >= 0.6 is 0 Å². The number of hydrogen-bond donors (Lipinski definition) is 2. The molecule has 2 N–H and O–H groups in total. The first kappa shape index (κ1) is 9.74. The number of benzene rings is 1. The fourth-order valence-electron chi connectivity index (χ4n) is 1.06. The van der Waals surface area contributed by atoms with E-state index in [1.54, 1.807) is 38.2 Å². The molecule has 1 aromatic carbocycles. The largest absolute Gasteiger partial charge is 0.389 e. The minimum Gasteiger partial charge on any atom is -0.389 e. The zero-order chi connectivity index (χ0) is 9.84. The SMILES string of the molecule is CNC(=O)c1ccc(C(C)O)cc1. The van der Waals surface area contributed by atoms with Gasteiger partial charge in [0.25, 0.3) is 5.91 Å². The first-order valence-electron chi connectivity index (χ1n) is 4.15. The first-order chi connectivity index (χ1) is 6.15. The van der Waals surface area contributed by atoms with E-state index in [2.05, 4.69) is 5.32 Å². The Morgan fingerprint density at radius 1 is 1.38 bits per heavy atom. The molecule has 13 heavy (non-hydrogen) atoms. The van der Waals surface area contributed by atoms with E-state index in [9.17, 15) is 9.90 Å². The normalized spacial score (nSPS) is 12.2. The number of nitrogens with one attached hydrogen (secondary N) is 1. The summed E-state index contributed by atoms with van der Waals surface area (Å²) in [5.41, 5.74) is 1.42. The number of amides is 1. The lowest BCUT2D eigenvalue weighted by atomic mass is 10.1. The van der Waals surface area contributed by atoms with Gasteiger partial charge in [-0.05, 0) is 24.6 Å². The summed E-state index contributed by atoms with van der Waals surface area (Å²) in [5.74, 6) is -0.114. The Hall–Kier alpha value is -1.35. The van der Waals surface area contributed by atoms with Crippen molar-refractivity contribution in [2.75, 3.05) is 7.05 Å². The molecule has 1 aromatic rings. The Bertz CT molecular complexity index is 290. The van der Waals surface area contributed by atoms with Crippen LogP contribution in [-0.4, -0.2) is 18.1 Å². The lowest BCUT2D eigenvalue weighted by molar-refractivity contribution is 0.0963. The lowest BCUT2D eigenvalue weighted by Gasteiger charge is -2.05. The lowest BCUT2D eigenvalue weighted by Crippen LogP contribution is -2.17. The Labute approximate surface area is 77.4 Å². The number of carbonyl (C=O) groups is 1. The average molecular weight is 179 g/mol. The molecule has 1 rings (SSSR count). The highest BCUT2D eigenvalue weighted by atomic mass is 16.3. The van der Waals surface area contributed by atoms with Crippen LogP contribution in [0.1, 0.15) is 28.9 Å². The molecule has 0 bridgehead atoms. The van der Waals surface area contributed by atoms with E-state index >= 15 is 0 Å². The number of aliphatic hydroxyl groups is 1. The maximum absolute atomic E-state index is 11.1. The standard InChI is InChI=1S/C10H13NO2/c1-7(12)8-3-5-9(6-4-8)10(13)11-2/h3-7,12H,1-2H3,(H,11,13). The van der Waals surface area contributed by atoms with E-state index in [0.29, 0.717) is 5.56 Å². The molecule has 0 radical (unpaired) electrons. The van der Waals surface area contributed by atoms with E-state index < -0.39 is 6.10 Å². The molecule has 3 heteroatoms. The summed E-state index contributed by atoms with van der Waals surface area (Å²) in [5, 5.41) is 11.7. The molecule has 0 aromatic heterocycles. The summed E-state index contributed by atoms with van der Waals surface area (Å²) in [6.45, 7) is 1.69. The van der Waals surface area contributed by atoms with E-state index in [-0.39, 0.29) is 5.91 Å². The molecule has 0 spiro atoms. The Morgan fingerprint density at radius 2 is 1.92 bits per heavy atom. The Morgan fingerprint density at radius 3 is 2.31 bits per heavy atom. The zero-order valence-corrected chi connectivity index (χ0v) is 7.74. The third-order valence-corrected chi connectivity index (χ3v) is 1.88. The second kappa shape index (κ2) is 4.05. The summed E-state index contributed by atoms with van der Waals surface area (Å²) >= 11 is 0. The number of hydrogen-bond acceptors (Lipinski definition) is 2. The van der Waals surface area contributed by atoms with Gasteiger partial charge in [0, 0.05) is 12.6 Å². The highest BCUT2D eigenvalue weighted by Crippen LogP contribution is 2.12. The minimum absolute atomic E-state index is 0.114. The molecule has 1 unspecified atom stereocenters. The van der Waals surface area contributed by atoms with Crippen LogP contribution in [0.5, 0.6) is 0 Å². The third kappa shape index (κ3) is 2.29. The van der Waals surface area contributed by atoms with Gasteiger partial charge in [-0.25, -0.2) is 0 Å². The van der Waals surface area contributed by atoms with Crippen molar-refractivity contribution in [2.45, 2.75) is 13.0 Å². The third-order valence-electron chi connectivity index (χ3n) is 1.88. The van der Waals surface area contributed by atoms with Gasteiger partial charge in [-0.15, -0.1) is 0 Å². The molecule has 1 atom stereocenters. The highest BCUT2D eigenvalue weighted by molar-refractivity contribution is 5.93. The molecular formula is C10H13NO2. The van der Waals surface area contributed by atoms with E-state index in [4.69, 9.17) is 0 Å². The van der Waals surface area contributed by atoms with Crippen LogP contribution in [0.2, 0.25) is 0 Å². The van der Waals surface area contributed by atoms with Crippen molar-refractivity contribution >= 4 is 5.91 Å².